The van der Waals surface area contributed by atoms with Crippen LogP contribution in [0.5, 0.6) is 0 Å². The molecule has 2 rings (SSSR count). The summed E-state index contributed by atoms with van der Waals surface area (Å²) < 4.78 is 39.8. The third-order valence-electron chi connectivity index (χ3n) is 1.97. The van der Waals surface area contributed by atoms with E-state index in [-0.39, 0.29) is 5.82 Å². The summed E-state index contributed by atoms with van der Waals surface area (Å²) in [5, 5.41) is -0.664. The Bertz CT molecular complexity index is 678. The number of hydrogen-bond acceptors (Lipinski definition) is 4. The van der Waals surface area contributed by atoms with E-state index in [1.807, 2.05) is 0 Å². The second kappa shape index (κ2) is 4.99. The van der Waals surface area contributed by atoms with Crippen molar-refractivity contribution in [1.29, 1.82) is 0 Å². The van der Waals surface area contributed by atoms with Gasteiger partial charge in [0.1, 0.15) is 0 Å². The highest BCUT2D eigenvalue weighted by atomic mass is 79.9. The van der Waals surface area contributed by atoms with Gasteiger partial charge in [-0.1, -0.05) is 0 Å². The fourth-order valence-electron chi connectivity index (χ4n) is 1.21. The lowest BCUT2D eigenvalue weighted by Crippen LogP contribution is -2.17. The SMILES string of the molecule is O=S(=O)(Nc1ncccc1Br)c1ncccc1F. The molecular formula is C10H7BrFN3O2S. The number of aromatic nitrogens is 2. The standard InChI is InChI=1S/C10H7BrFN3O2S/c11-7-3-1-5-13-9(7)15-18(16,17)10-8(12)4-2-6-14-10/h1-6H,(H,13,15). The smallest absolute Gasteiger partial charge is 0.261 e. The molecule has 2 aromatic heterocycles. The zero-order valence-corrected chi connectivity index (χ0v) is 11.2. The van der Waals surface area contributed by atoms with Crippen LogP contribution in [0.25, 0.3) is 0 Å². The quantitative estimate of drug-likeness (QED) is 0.935. The molecular weight excluding hydrogens is 325 g/mol. The van der Waals surface area contributed by atoms with E-state index in [1.165, 1.54) is 18.5 Å². The molecule has 0 aliphatic rings. The molecule has 0 spiro atoms. The van der Waals surface area contributed by atoms with Crippen molar-refractivity contribution in [3.63, 3.8) is 0 Å². The fraction of sp³-hybridized carbons (Fsp3) is 0. The number of anilines is 1. The summed E-state index contributed by atoms with van der Waals surface area (Å²) in [5.74, 6) is -0.848. The topological polar surface area (TPSA) is 72.0 Å². The second-order valence-corrected chi connectivity index (χ2v) is 5.68. The average molecular weight is 332 g/mol. The van der Waals surface area contributed by atoms with Crippen molar-refractivity contribution in [2.24, 2.45) is 0 Å². The third kappa shape index (κ3) is 2.65. The minimum absolute atomic E-state index is 0.0718. The van der Waals surface area contributed by atoms with Crippen LogP contribution in [0.1, 0.15) is 0 Å². The number of rotatable bonds is 3. The van der Waals surface area contributed by atoms with Gasteiger partial charge in [0.2, 0.25) is 5.03 Å². The molecule has 5 nitrogen and oxygen atoms in total. The summed E-state index contributed by atoms with van der Waals surface area (Å²) in [4.78, 5) is 7.34. The van der Waals surface area contributed by atoms with E-state index in [4.69, 9.17) is 0 Å². The van der Waals surface area contributed by atoms with Gasteiger partial charge in [-0.3, -0.25) is 4.72 Å². The van der Waals surface area contributed by atoms with Gasteiger partial charge in [0.05, 0.1) is 4.47 Å². The number of hydrogen-bond donors (Lipinski definition) is 1. The highest BCUT2D eigenvalue weighted by Gasteiger charge is 2.21. The molecule has 0 saturated carbocycles. The minimum atomic E-state index is -4.10. The Labute approximate surface area is 111 Å². The first-order chi connectivity index (χ1) is 8.50. The van der Waals surface area contributed by atoms with Gasteiger partial charge in [-0.2, -0.15) is 8.42 Å². The van der Waals surface area contributed by atoms with E-state index in [9.17, 15) is 12.8 Å². The molecule has 1 N–H and O–H groups in total. The molecule has 0 bridgehead atoms. The van der Waals surface area contributed by atoms with Gasteiger partial charge in [0.15, 0.2) is 11.6 Å². The van der Waals surface area contributed by atoms with E-state index in [0.717, 1.165) is 6.07 Å². The van der Waals surface area contributed by atoms with Crippen molar-refractivity contribution in [2.75, 3.05) is 4.72 Å². The molecule has 0 radical (unpaired) electrons. The van der Waals surface area contributed by atoms with Crippen LogP contribution in [0, 0.1) is 5.82 Å². The largest absolute Gasteiger partial charge is 0.283 e. The van der Waals surface area contributed by atoms with Gasteiger partial charge in [0, 0.05) is 12.4 Å². The summed E-state index contributed by atoms with van der Waals surface area (Å²) in [6.45, 7) is 0. The van der Waals surface area contributed by atoms with Crippen molar-refractivity contribution < 1.29 is 12.8 Å². The molecule has 94 valence electrons. The number of halogens is 2. The first-order valence-corrected chi connectivity index (χ1v) is 7.02. The fourth-order valence-corrected chi connectivity index (χ4v) is 2.73. The minimum Gasteiger partial charge on any atom is -0.261 e. The molecule has 0 aromatic carbocycles. The normalized spacial score (nSPS) is 11.2. The van der Waals surface area contributed by atoms with Gasteiger partial charge in [-0.25, -0.2) is 14.4 Å². The molecule has 0 aliphatic heterocycles. The van der Waals surface area contributed by atoms with Crippen LogP contribution >= 0.6 is 15.9 Å². The number of nitrogens with one attached hydrogen (secondary N) is 1. The van der Waals surface area contributed by atoms with Crippen molar-refractivity contribution >= 4 is 31.8 Å². The van der Waals surface area contributed by atoms with E-state index in [2.05, 4.69) is 30.6 Å². The Hall–Kier alpha value is -1.54. The summed E-state index contributed by atoms with van der Waals surface area (Å²) in [5.41, 5.74) is 0. The lowest BCUT2D eigenvalue weighted by Gasteiger charge is -2.08. The first-order valence-electron chi connectivity index (χ1n) is 4.74. The maximum absolute atomic E-state index is 13.4. The summed E-state index contributed by atoms with van der Waals surface area (Å²) in [6.07, 6.45) is 2.61. The van der Waals surface area contributed by atoms with Crippen molar-refractivity contribution in [3.8, 4) is 0 Å². The molecule has 0 aliphatic carbocycles. The molecule has 0 unspecified atom stereocenters. The van der Waals surface area contributed by atoms with E-state index in [1.54, 1.807) is 12.1 Å². The van der Waals surface area contributed by atoms with E-state index in [0.29, 0.717) is 4.47 Å². The lowest BCUT2D eigenvalue weighted by atomic mass is 10.5. The highest BCUT2D eigenvalue weighted by Crippen LogP contribution is 2.22. The molecule has 0 atom stereocenters. The zero-order valence-electron chi connectivity index (χ0n) is 8.84. The monoisotopic (exact) mass is 331 g/mol. The van der Waals surface area contributed by atoms with E-state index >= 15 is 0 Å². The molecule has 8 heteroatoms. The molecule has 2 aromatic rings. The lowest BCUT2D eigenvalue weighted by molar-refractivity contribution is 0.556. The molecule has 18 heavy (non-hydrogen) atoms. The van der Waals surface area contributed by atoms with Crippen molar-refractivity contribution in [3.05, 3.63) is 46.9 Å². The summed E-state index contributed by atoms with van der Waals surface area (Å²) in [7, 11) is -4.10. The van der Waals surface area contributed by atoms with E-state index < -0.39 is 20.9 Å². The Kier molecular flexibility index (Phi) is 3.58. The first kappa shape index (κ1) is 12.9. The number of nitrogens with zero attached hydrogens (tertiary/aromatic N) is 2. The van der Waals surface area contributed by atoms with Crippen LogP contribution in [-0.2, 0) is 10.0 Å². The second-order valence-electron chi connectivity index (χ2n) is 3.23. The Balaban J connectivity index is 2.40. The van der Waals surface area contributed by atoms with Gasteiger partial charge in [0.25, 0.3) is 10.0 Å². The molecule has 0 saturated heterocycles. The maximum atomic E-state index is 13.4. The molecule has 0 amide bonds. The Morgan fingerprint density at radius 2 is 1.83 bits per heavy atom. The predicted octanol–water partition coefficient (Wildman–Crippen LogP) is 2.18. The Morgan fingerprint density at radius 3 is 2.50 bits per heavy atom. The molecule has 2 heterocycles. The van der Waals surface area contributed by atoms with Crippen molar-refractivity contribution in [1.82, 2.24) is 9.97 Å². The van der Waals surface area contributed by atoms with Crippen LogP contribution in [0.15, 0.2) is 46.2 Å². The van der Waals surface area contributed by atoms with Crippen LogP contribution in [-0.4, -0.2) is 18.4 Å². The summed E-state index contributed by atoms with van der Waals surface area (Å²) >= 11 is 3.14. The van der Waals surface area contributed by atoms with Crippen LogP contribution in [0.2, 0.25) is 0 Å². The maximum Gasteiger partial charge on any atom is 0.283 e. The number of sulfonamides is 1. The predicted molar refractivity (Wildman–Crippen MR) is 66.9 cm³/mol. The number of pyridine rings is 2. The Morgan fingerprint density at radius 1 is 1.17 bits per heavy atom. The zero-order chi connectivity index (χ0) is 13.2. The van der Waals surface area contributed by atoms with Gasteiger partial charge in [-0.15, -0.1) is 0 Å². The third-order valence-corrected chi connectivity index (χ3v) is 3.88. The average Bonchev–Trinajstić information content (AvgIpc) is 2.32. The van der Waals surface area contributed by atoms with Gasteiger partial charge in [-0.05, 0) is 40.2 Å². The molecule has 0 fully saturated rings. The summed E-state index contributed by atoms with van der Waals surface area (Å²) in [6, 6.07) is 5.57. The van der Waals surface area contributed by atoms with Crippen molar-refractivity contribution in [2.45, 2.75) is 5.03 Å². The highest BCUT2D eigenvalue weighted by molar-refractivity contribution is 9.10. The van der Waals surface area contributed by atoms with Gasteiger partial charge < -0.3 is 0 Å². The van der Waals surface area contributed by atoms with Gasteiger partial charge >= 0.3 is 0 Å². The van der Waals surface area contributed by atoms with Crippen LogP contribution in [0.3, 0.4) is 0 Å². The van der Waals surface area contributed by atoms with Crippen LogP contribution in [0.4, 0.5) is 10.2 Å². The van der Waals surface area contributed by atoms with Crippen LogP contribution < -0.4 is 4.72 Å².